The van der Waals surface area contributed by atoms with Gasteiger partial charge >= 0.3 is 0 Å². The van der Waals surface area contributed by atoms with Crippen molar-refractivity contribution in [1.29, 1.82) is 0 Å². The number of rotatable bonds is 1. The summed E-state index contributed by atoms with van der Waals surface area (Å²) < 4.78 is 0. The van der Waals surface area contributed by atoms with Crippen molar-refractivity contribution >= 4 is 5.91 Å². The Bertz CT molecular complexity index is 689. The predicted molar refractivity (Wildman–Crippen MR) is 92.9 cm³/mol. The van der Waals surface area contributed by atoms with E-state index in [2.05, 4.69) is 9.88 Å². The minimum atomic E-state index is -0.372. The van der Waals surface area contributed by atoms with E-state index in [9.17, 15) is 9.59 Å². The number of aromatic amines is 1. The maximum Gasteiger partial charge on any atom is 0.255 e. The van der Waals surface area contributed by atoms with E-state index in [0.717, 1.165) is 49.4 Å². The molecule has 1 atom stereocenters. The van der Waals surface area contributed by atoms with E-state index in [1.165, 1.54) is 0 Å². The monoisotopic (exact) mass is 332 g/mol. The fourth-order valence-electron chi connectivity index (χ4n) is 3.63. The van der Waals surface area contributed by atoms with E-state index >= 15 is 0 Å². The molecule has 1 saturated heterocycles. The van der Waals surface area contributed by atoms with Gasteiger partial charge < -0.3 is 14.8 Å². The van der Waals surface area contributed by atoms with Crippen LogP contribution in [0.15, 0.2) is 4.79 Å². The third kappa shape index (κ3) is 3.38. The molecule has 132 valence electrons. The number of hydrogen-bond acceptors (Lipinski definition) is 4. The second-order valence-corrected chi connectivity index (χ2v) is 8.20. The van der Waals surface area contributed by atoms with E-state index in [-0.39, 0.29) is 22.8 Å². The quantitative estimate of drug-likeness (QED) is 0.846. The molecule has 1 aromatic heterocycles. The van der Waals surface area contributed by atoms with E-state index in [1.807, 2.05) is 32.7 Å². The van der Waals surface area contributed by atoms with Gasteiger partial charge in [-0.25, -0.2) is 4.98 Å². The van der Waals surface area contributed by atoms with Gasteiger partial charge in [0.1, 0.15) is 5.82 Å². The number of hydrogen-bond donors (Lipinski definition) is 1. The number of carbonyl (C=O) groups excluding carboxylic acids is 1. The molecule has 0 spiro atoms. The van der Waals surface area contributed by atoms with Gasteiger partial charge in [0.25, 0.3) is 5.56 Å². The third-order valence-corrected chi connectivity index (χ3v) is 5.01. The fourth-order valence-corrected chi connectivity index (χ4v) is 3.63. The van der Waals surface area contributed by atoms with Crippen LogP contribution in [0, 0.1) is 5.41 Å². The highest BCUT2D eigenvalue weighted by molar-refractivity contribution is 5.81. The zero-order chi connectivity index (χ0) is 17.5. The molecule has 2 aliphatic rings. The Morgan fingerprint density at radius 3 is 2.75 bits per heavy atom. The number of likely N-dealkylation sites (tertiary alicyclic amines) is 1. The number of carbonyl (C=O) groups is 1. The molecular weight excluding hydrogens is 304 g/mol. The van der Waals surface area contributed by atoms with Crippen LogP contribution in [0.4, 0.5) is 0 Å². The minimum absolute atomic E-state index is 0.0131. The lowest BCUT2D eigenvalue weighted by Gasteiger charge is -2.36. The molecule has 3 heterocycles. The predicted octanol–water partition coefficient (Wildman–Crippen LogP) is 1.51. The van der Waals surface area contributed by atoms with Crippen LogP contribution in [0.25, 0.3) is 0 Å². The van der Waals surface area contributed by atoms with Crippen molar-refractivity contribution in [2.45, 2.75) is 52.5 Å². The molecule has 1 N–H and O–H groups in total. The van der Waals surface area contributed by atoms with Crippen molar-refractivity contribution in [3.8, 4) is 0 Å². The lowest BCUT2D eigenvalue weighted by molar-refractivity contribution is -0.140. The largest absolute Gasteiger partial charge is 0.342 e. The van der Waals surface area contributed by atoms with Crippen LogP contribution < -0.4 is 5.56 Å². The van der Waals surface area contributed by atoms with Gasteiger partial charge in [-0.15, -0.1) is 0 Å². The summed E-state index contributed by atoms with van der Waals surface area (Å²) in [6.45, 7) is 8.90. The number of nitrogens with one attached hydrogen (secondary N) is 1. The highest BCUT2D eigenvalue weighted by Gasteiger charge is 2.32. The van der Waals surface area contributed by atoms with Crippen molar-refractivity contribution in [2.24, 2.45) is 5.41 Å². The zero-order valence-corrected chi connectivity index (χ0v) is 15.2. The first kappa shape index (κ1) is 17.1. The van der Waals surface area contributed by atoms with Gasteiger partial charge in [-0.3, -0.25) is 9.59 Å². The van der Waals surface area contributed by atoms with Crippen molar-refractivity contribution in [3.63, 3.8) is 0 Å². The second-order valence-electron chi connectivity index (χ2n) is 8.20. The molecular formula is C18H28N4O2. The van der Waals surface area contributed by atoms with Crippen LogP contribution in [0.1, 0.15) is 56.6 Å². The van der Waals surface area contributed by atoms with Crippen LogP contribution >= 0.6 is 0 Å². The van der Waals surface area contributed by atoms with Crippen LogP contribution in [-0.2, 0) is 17.8 Å². The Labute approximate surface area is 143 Å². The second kappa shape index (κ2) is 6.31. The Morgan fingerprint density at radius 2 is 2.04 bits per heavy atom. The van der Waals surface area contributed by atoms with Gasteiger partial charge in [0.05, 0.1) is 11.3 Å². The summed E-state index contributed by atoms with van der Waals surface area (Å²) in [6, 6.07) is 0. The first-order chi connectivity index (χ1) is 11.3. The molecule has 2 aliphatic heterocycles. The normalized spacial score (nSPS) is 22.3. The molecule has 0 radical (unpaired) electrons. The summed E-state index contributed by atoms with van der Waals surface area (Å²) in [6.07, 6.45) is 2.74. The summed E-state index contributed by atoms with van der Waals surface area (Å²) in [5.74, 6) is 1.06. The Kier molecular flexibility index (Phi) is 4.51. The van der Waals surface area contributed by atoms with E-state index in [0.29, 0.717) is 13.1 Å². The number of piperidine rings is 1. The maximum absolute atomic E-state index is 12.6. The van der Waals surface area contributed by atoms with Crippen LogP contribution in [-0.4, -0.2) is 52.4 Å². The summed E-state index contributed by atoms with van der Waals surface area (Å²) >= 11 is 0. The number of aromatic nitrogens is 2. The SMILES string of the molecule is CN1CCc2nc([C@H]3CCCN(C(=O)C(C)(C)C)C3)[nH]c(=O)c2C1. The lowest BCUT2D eigenvalue weighted by Crippen LogP contribution is -2.45. The van der Waals surface area contributed by atoms with Crippen molar-refractivity contribution < 1.29 is 4.79 Å². The molecule has 1 amide bonds. The third-order valence-electron chi connectivity index (χ3n) is 5.01. The molecule has 0 aliphatic carbocycles. The molecule has 1 aromatic rings. The van der Waals surface area contributed by atoms with Gasteiger partial charge in [0, 0.05) is 43.9 Å². The van der Waals surface area contributed by atoms with Crippen LogP contribution in [0.5, 0.6) is 0 Å². The van der Waals surface area contributed by atoms with Crippen LogP contribution in [0.3, 0.4) is 0 Å². The van der Waals surface area contributed by atoms with E-state index in [1.54, 1.807) is 0 Å². The van der Waals surface area contributed by atoms with E-state index < -0.39 is 0 Å². The van der Waals surface area contributed by atoms with Gasteiger partial charge in [0.15, 0.2) is 0 Å². The molecule has 0 aromatic carbocycles. The summed E-state index contributed by atoms with van der Waals surface area (Å²) in [5.41, 5.74) is 1.35. The van der Waals surface area contributed by atoms with Crippen molar-refractivity contribution in [2.75, 3.05) is 26.7 Å². The van der Waals surface area contributed by atoms with Crippen molar-refractivity contribution in [3.05, 3.63) is 27.4 Å². The summed E-state index contributed by atoms with van der Waals surface area (Å²) in [5, 5.41) is 0. The maximum atomic E-state index is 12.6. The lowest BCUT2D eigenvalue weighted by atomic mass is 9.90. The Hall–Kier alpha value is -1.69. The fraction of sp³-hybridized carbons (Fsp3) is 0.722. The van der Waals surface area contributed by atoms with E-state index in [4.69, 9.17) is 4.98 Å². The first-order valence-corrected chi connectivity index (χ1v) is 8.85. The molecule has 6 heteroatoms. The standard InChI is InChI=1S/C18H28N4O2/c1-18(2,3)17(24)22-8-5-6-12(10-22)15-19-14-7-9-21(4)11-13(14)16(23)20-15/h12H,5-11H2,1-4H3,(H,19,20,23)/t12-/m0/s1. The number of likely N-dealkylation sites (N-methyl/N-ethyl adjacent to an activating group) is 1. The smallest absolute Gasteiger partial charge is 0.255 e. The molecule has 3 rings (SSSR count). The first-order valence-electron chi connectivity index (χ1n) is 8.85. The Balaban J connectivity index is 1.83. The molecule has 24 heavy (non-hydrogen) atoms. The van der Waals surface area contributed by atoms with Gasteiger partial charge in [-0.05, 0) is 19.9 Å². The highest BCUT2D eigenvalue weighted by Crippen LogP contribution is 2.28. The topological polar surface area (TPSA) is 69.3 Å². The average Bonchev–Trinajstić information content (AvgIpc) is 2.54. The number of H-pyrrole nitrogens is 1. The van der Waals surface area contributed by atoms with Gasteiger partial charge in [0.2, 0.25) is 5.91 Å². The van der Waals surface area contributed by atoms with Gasteiger partial charge in [-0.2, -0.15) is 0 Å². The van der Waals surface area contributed by atoms with Crippen LogP contribution in [0.2, 0.25) is 0 Å². The molecule has 0 bridgehead atoms. The number of nitrogens with zero attached hydrogens (tertiary/aromatic N) is 3. The molecule has 0 unspecified atom stereocenters. The van der Waals surface area contributed by atoms with Gasteiger partial charge in [-0.1, -0.05) is 20.8 Å². The summed E-state index contributed by atoms with van der Waals surface area (Å²) in [7, 11) is 2.02. The minimum Gasteiger partial charge on any atom is -0.342 e. The average molecular weight is 332 g/mol. The highest BCUT2D eigenvalue weighted by atomic mass is 16.2. The number of fused-ring (bicyclic) bond motifs is 1. The molecule has 1 fully saturated rings. The zero-order valence-electron chi connectivity index (χ0n) is 15.2. The summed E-state index contributed by atoms with van der Waals surface area (Å²) in [4.78, 5) is 36.8. The molecule has 0 saturated carbocycles. The Morgan fingerprint density at radius 1 is 1.29 bits per heavy atom. The van der Waals surface area contributed by atoms with Crippen molar-refractivity contribution in [1.82, 2.24) is 19.8 Å². The molecule has 6 nitrogen and oxygen atoms in total. The number of amides is 1.